The van der Waals surface area contributed by atoms with E-state index in [1.165, 1.54) is 12.1 Å². The highest BCUT2D eigenvalue weighted by Crippen LogP contribution is 2.26. The summed E-state index contributed by atoms with van der Waals surface area (Å²) < 4.78 is 28.9. The van der Waals surface area contributed by atoms with Crippen molar-refractivity contribution >= 4 is 22.4 Å². The minimum Gasteiger partial charge on any atom is -0.323 e. The molecule has 23 heavy (non-hydrogen) atoms. The molecule has 2 N–H and O–H groups in total. The van der Waals surface area contributed by atoms with Crippen molar-refractivity contribution < 1.29 is 8.78 Å². The summed E-state index contributed by atoms with van der Waals surface area (Å²) in [6.07, 6.45) is 0. The van der Waals surface area contributed by atoms with Gasteiger partial charge in [0, 0.05) is 11.7 Å². The van der Waals surface area contributed by atoms with Gasteiger partial charge >= 0.3 is 0 Å². The summed E-state index contributed by atoms with van der Waals surface area (Å²) in [5.74, 6) is -2.15. The summed E-state index contributed by atoms with van der Waals surface area (Å²) in [6.45, 7) is 1.67. The van der Waals surface area contributed by atoms with Crippen molar-refractivity contribution in [2.24, 2.45) is 5.73 Å². The highest BCUT2D eigenvalue weighted by molar-refractivity contribution is 6.35. The summed E-state index contributed by atoms with van der Waals surface area (Å²) in [5, 5.41) is 1.08. The summed E-state index contributed by atoms with van der Waals surface area (Å²) in [4.78, 5) is 12.9. The molecule has 0 aliphatic heterocycles. The molecule has 0 amide bonds. The van der Waals surface area contributed by atoms with Crippen molar-refractivity contribution in [3.8, 4) is 5.69 Å². The van der Waals surface area contributed by atoms with Crippen molar-refractivity contribution in [2.75, 3.05) is 0 Å². The number of rotatable bonds is 2. The minimum absolute atomic E-state index is 0.191. The highest BCUT2D eigenvalue weighted by Gasteiger charge is 2.19. The van der Waals surface area contributed by atoms with Crippen molar-refractivity contribution in [3.05, 3.63) is 75.2 Å². The molecule has 3 nitrogen and oxygen atoms in total. The first-order chi connectivity index (χ1) is 10.9. The molecule has 2 aromatic carbocycles. The summed E-state index contributed by atoms with van der Waals surface area (Å²) in [5.41, 5.74) is 5.57. The van der Waals surface area contributed by atoms with Gasteiger partial charge in [-0.2, -0.15) is 0 Å². The maximum absolute atomic E-state index is 14.2. The molecule has 1 aromatic heterocycles. The van der Waals surface area contributed by atoms with Crippen LogP contribution < -0.4 is 11.3 Å². The van der Waals surface area contributed by atoms with Gasteiger partial charge in [0.05, 0.1) is 16.1 Å². The van der Waals surface area contributed by atoms with E-state index in [2.05, 4.69) is 0 Å². The molecule has 0 fully saturated rings. The SMILES string of the molecule is C[C@H](N)c1cc2cccc(Cl)c2c(=O)n1-c1cccc(F)c1F. The number of benzene rings is 2. The molecule has 0 saturated heterocycles. The third-order valence-corrected chi connectivity index (χ3v) is 3.98. The second-order valence-corrected chi connectivity index (χ2v) is 5.68. The van der Waals surface area contributed by atoms with Gasteiger partial charge < -0.3 is 5.73 Å². The Hall–Kier alpha value is -2.24. The van der Waals surface area contributed by atoms with Crippen LogP contribution in [0, 0.1) is 11.6 Å². The van der Waals surface area contributed by atoms with Crippen molar-refractivity contribution in [1.29, 1.82) is 0 Å². The van der Waals surface area contributed by atoms with E-state index >= 15 is 0 Å². The van der Waals surface area contributed by atoms with Gasteiger partial charge in [-0.1, -0.05) is 29.8 Å². The van der Waals surface area contributed by atoms with E-state index in [0.29, 0.717) is 11.1 Å². The molecule has 0 bridgehead atoms. The van der Waals surface area contributed by atoms with E-state index in [-0.39, 0.29) is 16.1 Å². The zero-order valence-corrected chi connectivity index (χ0v) is 12.9. The maximum atomic E-state index is 14.2. The van der Waals surface area contributed by atoms with Crippen molar-refractivity contribution in [2.45, 2.75) is 13.0 Å². The smallest absolute Gasteiger partial charge is 0.264 e. The average Bonchev–Trinajstić information content (AvgIpc) is 2.50. The Labute approximate surface area is 135 Å². The van der Waals surface area contributed by atoms with E-state index < -0.39 is 23.2 Å². The van der Waals surface area contributed by atoms with Crippen LogP contribution in [0.15, 0.2) is 47.3 Å². The topological polar surface area (TPSA) is 48.0 Å². The first kappa shape index (κ1) is 15.6. The number of fused-ring (bicyclic) bond motifs is 1. The maximum Gasteiger partial charge on any atom is 0.264 e. The number of hydrogen-bond acceptors (Lipinski definition) is 2. The fourth-order valence-electron chi connectivity index (χ4n) is 2.59. The number of nitrogens with zero attached hydrogens (tertiary/aromatic N) is 1. The quantitative estimate of drug-likeness (QED) is 0.771. The Morgan fingerprint density at radius 1 is 1.17 bits per heavy atom. The molecule has 118 valence electrons. The van der Waals surface area contributed by atoms with Gasteiger partial charge in [0.2, 0.25) is 0 Å². The minimum atomic E-state index is -1.11. The van der Waals surface area contributed by atoms with Gasteiger partial charge in [0.25, 0.3) is 5.56 Å². The van der Waals surface area contributed by atoms with Crippen LogP contribution in [0.25, 0.3) is 16.5 Å². The van der Waals surface area contributed by atoms with Crippen LogP contribution in [0.4, 0.5) is 8.78 Å². The lowest BCUT2D eigenvalue weighted by atomic mass is 10.1. The third kappa shape index (κ3) is 2.52. The van der Waals surface area contributed by atoms with Crippen LogP contribution in [0.5, 0.6) is 0 Å². The lowest BCUT2D eigenvalue weighted by molar-refractivity contribution is 0.502. The van der Waals surface area contributed by atoms with Gasteiger partial charge in [0.15, 0.2) is 11.6 Å². The number of pyridine rings is 1. The Balaban J connectivity index is 2.51. The lowest BCUT2D eigenvalue weighted by Gasteiger charge is -2.18. The summed E-state index contributed by atoms with van der Waals surface area (Å²) in [7, 11) is 0. The molecule has 0 unspecified atom stereocenters. The first-order valence-electron chi connectivity index (χ1n) is 6.96. The molecule has 3 rings (SSSR count). The molecular weight excluding hydrogens is 322 g/mol. The van der Waals surface area contributed by atoms with E-state index in [1.54, 1.807) is 31.2 Å². The Morgan fingerprint density at radius 3 is 2.57 bits per heavy atom. The van der Waals surface area contributed by atoms with Crippen molar-refractivity contribution in [1.82, 2.24) is 4.57 Å². The number of halogens is 3. The molecule has 1 heterocycles. The second kappa shape index (κ2) is 5.76. The zero-order valence-electron chi connectivity index (χ0n) is 12.2. The highest BCUT2D eigenvalue weighted by atomic mass is 35.5. The van der Waals surface area contributed by atoms with Crippen LogP contribution in [-0.4, -0.2) is 4.57 Å². The van der Waals surface area contributed by atoms with Crippen LogP contribution in [-0.2, 0) is 0 Å². The predicted octanol–water partition coefficient (Wildman–Crippen LogP) is 3.94. The van der Waals surface area contributed by atoms with Crippen LogP contribution in [0.1, 0.15) is 18.7 Å². The standard InChI is InChI=1S/C17H13ClF2N2O/c1-9(21)14-8-10-4-2-5-11(18)15(10)17(23)22(14)13-7-3-6-12(19)16(13)20/h2-9H,21H2,1H3/t9-/m0/s1. The molecule has 3 aromatic rings. The molecule has 0 aliphatic carbocycles. The number of hydrogen-bond donors (Lipinski definition) is 1. The normalized spacial score (nSPS) is 12.6. The molecular formula is C17H13ClF2N2O. The third-order valence-electron chi connectivity index (χ3n) is 3.66. The average molecular weight is 335 g/mol. The number of nitrogens with two attached hydrogens (primary N) is 1. The largest absolute Gasteiger partial charge is 0.323 e. The van der Waals surface area contributed by atoms with E-state index in [4.69, 9.17) is 17.3 Å². The lowest BCUT2D eigenvalue weighted by Crippen LogP contribution is -2.26. The van der Waals surface area contributed by atoms with Crippen LogP contribution >= 0.6 is 11.6 Å². The van der Waals surface area contributed by atoms with E-state index in [9.17, 15) is 13.6 Å². The zero-order chi connectivity index (χ0) is 16.7. The van der Waals surface area contributed by atoms with Gasteiger partial charge in [-0.3, -0.25) is 9.36 Å². The summed E-state index contributed by atoms with van der Waals surface area (Å²) >= 11 is 6.11. The van der Waals surface area contributed by atoms with E-state index in [0.717, 1.165) is 10.6 Å². The van der Waals surface area contributed by atoms with Crippen molar-refractivity contribution in [3.63, 3.8) is 0 Å². The van der Waals surface area contributed by atoms with Gasteiger partial charge in [0.1, 0.15) is 0 Å². The monoisotopic (exact) mass is 334 g/mol. The fourth-order valence-corrected chi connectivity index (χ4v) is 2.85. The first-order valence-corrected chi connectivity index (χ1v) is 7.33. The van der Waals surface area contributed by atoms with Gasteiger partial charge in [-0.05, 0) is 36.6 Å². The van der Waals surface area contributed by atoms with Gasteiger partial charge in [-0.15, -0.1) is 0 Å². The van der Waals surface area contributed by atoms with E-state index in [1.807, 2.05) is 0 Å². The summed E-state index contributed by atoms with van der Waals surface area (Å²) in [6, 6.07) is 9.76. The molecule has 0 aliphatic rings. The molecule has 0 spiro atoms. The second-order valence-electron chi connectivity index (χ2n) is 5.28. The van der Waals surface area contributed by atoms with Crippen LogP contribution in [0.3, 0.4) is 0 Å². The Kier molecular flexibility index (Phi) is 3.92. The molecule has 0 radical (unpaired) electrons. The fraction of sp³-hybridized carbons (Fsp3) is 0.118. The van der Waals surface area contributed by atoms with Gasteiger partial charge in [-0.25, -0.2) is 8.78 Å². The molecule has 0 saturated carbocycles. The predicted molar refractivity (Wildman–Crippen MR) is 87.1 cm³/mol. The van der Waals surface area contributed by atoms with Crippen LogP contribution in [0.2, 0.25) is 5.02 Å². The Bertz CT molecular complexity index is 967. The number of aromatic nitrogens is 1. The molecule has 6 heteroatoms. The Morgan fingerprint density at radius 2 is 1.87 bits per heavy atom. The molecule has 1 atom stereocenters.